The number of aromatic nitrogens is 2. The quantitative estimate of drug-likeness (QED) is 0.139. The number of carbonyl (C=O) groups is 2. The van der Waals surface area contributed by atoms with Crippen LogP contribution in [0.2, 0.25) is 0 Å². The number of nitrogens with one attached hydrogen (secondary N) is 1. The zero-order valence-electron chi connectivity index (χ0n) is 23.1. The van der Waals surface area contributed by atoms with E-state index in [2.05, 4.69) is 11.9 Å². The van der Waals surface area contributed by atoms with Crippen molar-refractivity contribution in [2.24, 2.45) is 0 Å². The van der Waals surface area contributed by atoms with Crippen LogP contribution < -0.4 is 9.46 Å². The second-order valence-corrected chi connectivity index (χ2v) is 11.7. The number of nitrogens with zero attached hydrogens (tertiary/aromatic N) is 2. The van der Waals surface area contributed by atoms with E-state index >= 15 is 0 Å². The maximum atomic E-state index is 13.2. The third-order valence-electron chi connectivity index (χ3n) is 6.31. The maximum absolute atomic E-state index is 13.2. The third-order valence-corrected chi connectivity index (χ3v) is 8.34. The lowest BCUT2D eigenvalue weighted by atomic mass is 10.0. The van der Waals surface area contributed by atoms with Crippen LogP contribution in [0.4, 0.5) is 9.59 Å². The van der Waals surface area contributed by atoms with Crippen molar-refractivity contribution in [1.82, 2.24) is 14.3 Å². The highest BCUT2D eigenvalue weighted by atomic mass is 32.2. The summed E-state index contributed by atoms with van der Waals surface area (Å²) in [5.74, 6) is 0.898. The summed E-state index contributed by atoms with van der Waals surface area (Å²) >= 11 is 1.31. The summed E-state index contributed by atoms with van der Waals surface area (Å²) < 4.78 is 40.2. The number of carbonyl (C=O) groups excluding carboxylic acids is 1. The van der Waals surface area contributed by atoms with Crippen molar-refractivity contribution in [3.05, 3.63) is 95.8 Å². The summed E-state index contributed by atoms with van der Waals surface area (Å²) in [5.41, 5.74) is 2.57. The molecule has 12 heteroatoms. The van der Waals surface area contributed by atoms with E-state index in [1.807, 2.05) is 29.2 Å². The van der Waals surface area contributed by atoms with Gasteiger partial charge >= 0.3 is 12.2 Å². The number of unbranched alkanes of at least 4 members (excludes halogenated alkanes) is 1. The van der Waals surface area contributed by atoms with Gasteiger partial charge in [0, 0.05) is 12.0 Å². The van der Waals surface area contributed by atoms with Crippen LogP contribution >= 0.6 is 11.8 Å². The largest absolute Gasteiger partial charge is 0.512 e. The summed E-state index contributed by atoms with van der Waals surface area (Å²) in [4.78, 5) is 28.2. The zero-order valence-corrected chi connectivity index (χ0v) is 24.8. The first-order chi connectivity index (χ1) is 20.2. The average Bonchev–Trinajstić information content (AvgIpc) is 3.30. The van der Waals surface area contributed by atoms with Crippen molar-refractivity contribution >= 4 is 34.0 Å². The maximum Gasteiger partial charge on any atom is 0.512 e. The number of rotatable bonds is 12. The highest BCUT2D eigenvalue weighted by Gasteiger charge is 2.23. The summed E-state index contributed by atoms with van der Waals surface area (Å²) in [5, 5.41) is 9.79. The smallest absolute Gasteiger partial charge is 0.449 e. The fourth-order valence-electron chi connectivity index (χ4n) is 4.29. The monoisotopic (exact) mass is 609 g/mol. The van der Waals surface area contributed by atoms with Gasteiger partial charge in [-0.1, -0.05) is 86.1 Å². The van der Waals surface area contributed by atoms with Gasteiger partial charge in [-0.25, -0.2) is 27.7 Å². The van der Waals surface area contributed by atoms with Crippen molar-refractivity contribution in [1.29, 1.82) is 0 Å². The lowest BCUT2D eigenvalue weighted by Crippen LogP contribution is -2.31. The number of amides is 1. The minimum absolute atomic E-state index is 0.0694. The van der Waals surface area contributed by atoms with Gasteiger partial charge in [-0.15, -0.1) is 11.8 Å². The van der Waals surface area contributed by atoms with Crippen molar-refractivity contribution in [2.45, 2.75) is 49.3 Å². The number of sulfonamides is 1. The van der Waals surface area contributed by atoms with Crippen LogP contribution in [0.25, 0.3) is 11.1 Å². The van der Waals surface area contributed by atoms with Gasteiger partial charge in [0.15, 0.2) is 5.03 Å². The zero-order chi connectivity index (χ0) is 30.1. The van der Waals surface area contributed by atoms with Crippen molar-refractivity contribution < 1.29 is 32.6 Å². The Morgan fingerprint density at radius 3 is 2.33 bits per heavy atom. The third kappa shape index (κ3) is 7.71. The van der Waals surface area contributed by atoms with Gasteiger partial charge < -0.3 is 14.6 Å². The van der Waals surface area contributed by atoms with E-state index in [0.29, 0.717) is 29.1 Å². The predicted octanol–water partition coefficient (Wildman–Crippen LogP) is 6.33. The molecule has 0 aliphatic carbocycles. The molecular formula is C30H31N3O7S2. The first-order valence-electron chi connectivity index (χ1n) is 13.2. The van der Waals surface area contributed by atoms with Crippen LogP contribution in [-0.4, -0.2) is 41.6 Å². The Balaban J connectivity index is 1.55. The van der Waals surface area contributed by atoms with E-state index in [4.69, 9.17) is 9.47 Å². The van der Waals surface area contributed by atoms with E-state index < -0.39 is 22.3 Å². The molecule has 0 unspecified atom stereocenters. The van der Waals surface area contributed by atoms with Gasteiger partial charge in [0.05, 0.1) is 11.4 Å². The molecule has 0 saturated carbocycles. The summed E-state index contributed by atoms with van der Waals surface area (Å²) in [6, 6.07) is 22.5. The number of ether oxygens (including phenoxy) is 2. The number of aryl methyl sites for hydroxylation is 1. The number of carboxylic acid groups (broad SMARTS) is 1. The van der Waals surface area contributed by atoms with Crippen molar-refractivity contribution in [2.75, 3.05) is 6.26 Å². The minimum atomic E-state index is -4.24. The number of hydrogen-bond donors (Lipinski definition) is 2. The fourth-order valence-corrected chi connectivity index (χ4v) is 5.93. The number of imidazole rings is 1. The predicted molar refractivity (Wildman–Crippen MR) is 159 cm³/mol. The minimum Gasteiger partial charge on any atom is -0.449 e. The van der Waals surface area contributed by atoms with Gasteiger partial charge in [-0.3, -0.25) is 4.57 Å². The lowest BCUT2D eigenvalue weighted by molar-refractivity contribution is 0.139. The van der Waals surface area contributed by atoms with E-state index in [1.165, 1.54) is 17.8 Å². The second-order valence-electron chi connectivity index (χ2n) is 9.26. The van der Waals surface area contributed by atoms with Gasteiger partial charge in [0.1, 0.15) is 12.4 Å². The molecule has 0 aliphatic rings. The Morgan fingerprint density at radius 1 is 0.976 bits per heavy atom. The number of benzene rings is 3. The molecular weight excluding hydrogens is 578 g/mol. The van der Waals surface area contributed by atoms with Crippen LogP contribution in [-0.2, 0) is 34.3 Å². The van der Waals surface area contributed by atoms with Crippen LogP contribution in [0.1, 0.15) is 36.7 Å². The topological polar surface area (TPSA) is 137 Å². The molecule has 1 amide bonds. The molecule has 3 aromatic carbocycles. The Labute approximate surface area is 248 Å². The van der Waals surface area contributed by atoms with E-state index in [0.717, 1.165) is 29.8 Å². The van der Waals surface area contributed by atoms with Crippen LogP contribution in [0.15, 0.2) is 88.8 Å². The van der Waals surface area contributed by atoms with E-state index in [-0.39, 0.29) is 17.4 Å². The Bertz CT molecular complexity index is 1640. The molecule has 0 saturated heterocycles. The van der Waals surface area contributed by atoms with Gasteiger partial charge in [-0.2, -0.15) is 0 Å². The van der Waals surface area contributed by atoms with Crippen molar-refractivity contribution in [3.8, 4) is 17.0 Å². The van der Waals surface area contributed by atoms with E-state index in [1.54, 1.807) is 59.2 Å². The molecule has 0 atom stereocenters. The molecule has 0 radical (unpaired) electrons. The van der Waals surface area contributed by atoms with Gasteiger partial charge in [-0.05, 0) is 35.4 Å². The molecule has 220 valence electrons. The highest BCUT2D eigenvalue weighted by Crippen LogP contribution is 2.32. The second kappa shape index (κ2) is 14.1. The molecule has 0 fully saturated rings. The molecule has 0 aliphatic heterocycles. The molecule has 4 aromatic rings. The fraction of sp³-hybridized carbons (Fsp3) is 0.233. The Morgan fingerprint density at radius 2 is 1.67 bits per heavy atom. The summed E-state index contributed by atoms with van der Waals surface area (Å²) in [7, 11) is -4.24. The molecule has 1 heterocycles. The van der Waals surface area contributed by atoms with Gasteiger partial charge in [0.25, 0.3) is 10.0 Å². The van der Waals surface area contributed by atoms with Crippen LogP contribution in [0.3, 0.4) is 0 Å². The van der Waals surface area contributed by atoms with Crippen LogP contribution in [0.5, 0.6) is 5.88 Å². The Kier molecular flexibility index (Phi) is 10.3. The number of thioether (sulfide) groups is 1. The van der Waals surface area contributed by atoms with Crippen LogP contribution in [0, 0.1) is 0 Å². The molecule has 0 spiro atoms. The highest BCUT2D eigenvalue weighted by molar-refractivity contribution is 7.98. The summed E-state index contributed by atoms with van der Waals surface area (Å²) in [6.45, 7) is 2.31. The Hall–Kier alpha value is -4.29. The normalized spacial score (nSPS) is 11.2. The van der Waals surface area contributed by atoms with E-state index in [9.17, 15) is 23.1 Å². The SMILES string of the molecule is CCCCc1nc(SC)c(OC(=O)O)n1Cc1ccc(-c2ccccc2S(=O)(=O)NC(=O)OCc2ccccc2)cc1. The molecule has 4 rings (SSSR count). The van der Waals surface area contributed by atoms with Gasteiger partial charge in [0.2, 0.25) is 5.88 Å². The molecule has 1 aromatic heterocycles. The molecule has 10 nitrogen and oxygen atoms in total. The molecule has 42 heavy (non-hydrogen) atoms. The number of hydrogen-bond acceptors (Lipinski definition) is 8. The first-order valence-corrected chi connectivity index (χ1v) is 15.9. The average molecular weight is 610 g/mol. The standard InChI is InChI=1S/C30H31N3O7S2/c1-3-4-14-26-31-27(41-2)28(40-30(35)36)33(26)19-21-15-17-23(18-16-21)24-12-8-9-13-25(24)42(37,38)32-29(34)39-20-22-10-6-5-7-11-22/h5-13,15-18H,3-4,14,19-20H2,1-2H3,(H,32,34)(H,35,36). The molecule has 2 N–H and O–H groups in total. The van der Waals surface area contributed by atoms with Crippen molar-refractivity contribution in [3.63, 3.8) is 0 Å². The first kappa shape index (κ1) is 30.7. The molecule has 0 bridgehead atoms. The summed E-state index contributed by atoms with van der Waals surface area (Å²) in [6.07, 6.45) is 1.81. The lowest BCUT2D eigenvalue weighted by Gasteiger charge is -2.14.